The van der Waals surface area contributed by atoms with Gasteiger partial charge in [0.05, 0.1) is 4.88 Å². The van der Waals surface area contributed by atoms with Gasteiger partial charge in [0.1, 0.15) is 0 Å². The summed E-state index contributed by atoms with van der Waals surface area (Å²) in [6, 6.07) is 6.03. The molecule has 1 aromatic heterocycles. The number of hydrogen-bond donors (Lipinski definition) is 0. The molecule has 0 aliphatic rings. The van der Waals surface area contributed by atoms with Crippen LogP contribution >= 0.6 is 27.3 Å². The summed E-state index contributed by atoms with van der Waals surface area (Å²) in [4.78, 5) is 11.5. The second-order valence-corrected chi connectivity index (χ2v) is 5.00. The Morgan fingerprint density at radius 3 is 2.93 bits per heavy atom. The smallest absolute Gasteiger partial charge is 0.160 e. The maximum absolute atomic E-state index is 10.7. The molecule has 0 N–H and O–H groups in total. The molecule has 0 aliphatic carbocycles. The molecule has 0 bridgehead atoms. The number of halogens is 1. The van der Waals surface area contributed by atoms with E-state index in [4.69, 9.17) is 0 Å². The fourth-order valence-electron chi connectivity index (χ4n) is 1.54. The first-order chi connectivity index (χ1) is 6.76. The Morgan fingerprint density at radius 1 is 1.50 bits per heavy atom. The van der Waals surface area contributed by atoms with Crippen LogP contribution in [0, 0.1) is 0 Å². The van der Waals surface area contributed by atoms with Gasteiger partial charge in [-0.15, -0.1) is 11.3 Å². The molecule has 0 saturated carbocycles. The van der Waals surface area contributed by atoms with Gasteiger partial charge in [-0.25, -0.2) is 0 Å². The van der Waals surface area contributed by atoms with Crippen LogP contribution in [0.4, 0.5) is 0 Å². The lowest BCUT2D eigenvalue weighted by atomic mass is 10.1. The standard InChI is InChI=1S/C11H9BrOS/c1-2-9-10(12)4-3-7-5-8(6-13)14-11(7)9/h3-6H,2H2,1H3. The van der Waals surface area contributed by atoms with Crippen molar-refractivity contribution >= 4 is 43.6 Å². The zero-order valence-corrected chi connectivity index (χ0v) is 10.1. The number of carbonyl (C=O) groups excluding carboxylic acids is 1. The van der Waals surface area contributed by atoms with Crippen LogP contribution in [0.1, 0.15) is 22.2 Å². The summed E-state index contributed by atoms with van der Waals surface area (Å²) in [6.45, 7) is 2.12. The average molecular weight is 269 g/mol. The molecule has 0 unspecified atom stereocenters. The molecule has 0 fully saturated rings. The first kappa shape index (κ1) is 9.87. The van der Waals surface area contributed by atoms with E-state index in [1.807, 2.05) is 18.2 Å². The Bertz CT molecular complexity index is 487. The van der Waals surface area contributed by atoms with Crippen LogP contribution in [-0.2, 0) is 6.42 Å². The van der Waals surface area contributed by atoms with E-state index < -0.39 is 0 Å². The van der Waals surface area contributed by atoms with E-state index in [1.165, 1.54) is 10.3 Å². The maximum Gasteiger partial charge on any atom is 0.160 e. The van der Waals surface area contributed by atoms with Gasteiger partial charge >= 0.3 is 0 Å². The minimum absolute atomic E-state index is 0.799. The molecular formula is C11H9BrOS. The third-order valence-electron chi connectivity index (χ3n) is 2.22. The van der Waals surface area contributed by atoms with Crippen molar-refractivity contribution in [2.45, 2.75) is 13.3 Å². The minimum atomic E-state index is 0.799. The van der Waals surface area contributed by atoms with Crippen LogP contribution in [0.2, 0.25) is 0 Å². The van der Waals surface area contributed by atoms with Gasteiger partial charge in [0.15, 0.2) is 6.29 Å². The van der Waals surface area contributed by atoms with E-state index in [-0.39, 0.29) is 0 Å². The van der Waals surface area contributed by atoms with E-state index in [1.54, 1.807) is 11.3 Å². The molecule has 2 rings (SSSR count). The van der Waals surface area contributed by atoms with Crippen molar-refractivity contribution in [3.8, 4) is 0 Å². The predicted molar refractivity (Wildman–Crippen MR) is 64.3 cm³/mol. The maximum atomic E-state index is 10.7. The van der Waals surface area contributed by atoms with Crippen LogP contribution in [0.15, 0.2) is 22.7 Å². The third-order valence-corrected chi connectivity index (χ3v) is 4.10. The van der Waals surface area contributed by atoms with Crippen LogP contribution < -0.4 is 0 Å². The zero-order valence-electron chi connectivity index (χ0n) is 7.71. The molecule has 1 nitrogen and oxygen atoms in total. The molecule has 0 atom stereocenters. The highest BCUT2D eigenvalue weighted by Crippen LogP contribution is 2.32. The highest BCUT2D eigenvalue weighted by Gasteiger charge is 2.07. The molecule has 0 saturated heterocycles. The summed E-state index contributed by atoms with van der Waals surface area (Å²) in [6.07, 6.45) is 1.90. The normalized spacial score (nSPS) is 10.7. The summed E-state index contributed by atoms with van der Waals surface area (Å²) in [5.74, 6) is 0. The zero-order chi connectivity index (χ0) is 10.1. The van der Waals surface area contributed by atoms with Crippen LogP contribution in [0.5, 0.6) is 0 Å². The van der Waals surface area contributed by atoms with E-state index in [2.05, 4.69) is 22.9 Å². The predicted octanol–water partition coefficient (Wildman–Crippen LogP) is 4.04. The fraction of sp³-hybridized carbons (Fsp3) is 0.182. The lowest BCUT2D eigenvalue weighted by Gasteiger charge is -2.01. The molecule has 0 radical (unpaired) electrons. The Labute approximate surface area is 94.9 Å². The van der Waals surface area contributed by atoms with Crippen molar-refractivity contribution < 1.29 is 4.79 Å². The molecule has 0 aliphatic heterocycles. The Hall–Kier alpha value is -0.670. The molecule has 72 valence electrons. The number of aryl methyl sites for hydroxylation is 1. The monoisotopic (exact) mass is 268 g/mol. The highest BCUT2D eigenvalue weighted by molar-refractivity contribution is 9.10. The summed E-state index contributed by atoms with van der Waals surface area (Å²) < 4.78 is 2.36. The van der Waals surface area contributed by atoms with Crippen molar-refractivity contribution in [3.63, 3.8) is 0 Å². The van der Waals surface area contributed by atoms with E-state index in [9.17, 15) is 4.79 Å². The van der Waals surface area contributed by atoms with Gasteiger partial charge in [0.2, 0.25) is 0 Å². The first-order valence-corrected chi connectivity index (χ1v) is 6.03. The lowest BCUT2D eigenvalue weighted by Crippen LogP contribution is -1.81. The van der Waals surface area contributed by atoms with Crippen molar-refractivity contribution in [1.82, 2.24) is 0 Å². The Kier molecular flexibility index (Phi) is 2.70. The van der Waals surface area contributed by atoms with E-state index >= 15 is 0 Å². The summed E-state index contributed by atoms with van der Waals surface area (Å²) >= 11 is 5.09. The van der Waals surface area contributed by atoms with E-state index in [0.29, 0.717) is 0 Å². The molecule has 1 aromatic carbocycles. The Morgan fingerprint density at radius 2 is 2.29 bits per heavy atom. The van der Waals surface area contributed by atoms with Gasteiger partial charge in [-0.2, -0.15) is 0 Å². The average Bonchev–Trinajstić information content (AvgIpc) is 2.60. The van der Waals surface area contributed by atoms with Gasteiger partial charge in [0, 0.05) is 9.17 Å². The first-order valence-electron chi connectivity index (χ1n) is 4.42. The highest BCUT2D eigenvalue weighted by atomic mass is 79.9. The number of carbonyl (C=O) groups is 1. The summed E-state index contributed by atoms with van der Waals surface area (Å²) in [7, 11) is 0. The number of rotatable bonds is 2. The third kappa shape index (κ3) is 1.51. The molecule has 0 spiro atoms. The molecule has 14 heavy (non-hydrogen) atoms. The second kappa shape index (κ2) is 3.83. The number of benzene rings is 1. The summed E-state index contributed by atoms with van der Waals surface area (Å²) in [5.41, 5.74) is 1.29. The van der Waals surface area contributed by atoms with Crippen molar-refractivity contribution in [2.75, 3.05) is 0 Å². The molecule has 1 heterocycles. The van der Waals surface area contributed by atoms with Crippen molar-refractivity contribution in [3.05, 3.63) is 33.1 Å². The topological polar surface area (TPSA) is 17.1 Å². The molecule has 0 amide bonds. The van der Waals surface area contributed by atoms with Crippen LogP contribution in [-0.4, -0.2) is 6.29 Å². The van der Waals surface area contributed by atoms with Gasteiger partial charge in [-0.3, -0.25) is 4.79 Å². The Balaban J connectivity index is 2.79. The van der Waals surface area contributed by atoms with Crippen molar-refractivity contribution in [1.29, 1.82) is 0 Å². The number of fused-ring (bicyclic) bond motifs is 1. The van der Waals surface area contributed by atoms with Gasteiger partial charge in [-0.05, 0) is 29.5 Å². The van der Waals surface area contributed by atoms with Gasteiger partial charge < -0.3 is 0 Å². The van der Waals surface area contributed by atoms with Gasteiger partial charge in [-0.1, -0.05) is 28.9 Å². The SMILES string of the molecule is CCc1c(Br)ccc2cc(C=O)sc12. The van der Waals surface area contributed by atoms with Crippen LogP contribution in [0.25, 0.3) is 10.1 Å². The van der Waals surface area contributed by atoms with Gasteiger partial charge in [0.25, 0.3) is 0 Å². The van der Waals surface area contributed by atoms with Crippen LogP contribution in [0.3, 0.4) is 0 Å². The summed E-state index contributed by atoms with van der Waals surface area (Å²) in [5, 5.41) is 1.16. The molecule has 3 heteroatoms. The van der Waals surface area contributed by atoms with E-state index in [0.717, 1.165) is 27.4 Å². The lowest BCUT2D eigenvalue weighted by molar-refractivity contribution is 0.112. The number of hydrogen-bond acceptors (Lipinski definition) is 2. The number of aldehydes is 1. The van der Waals surface area contributed by atoms with Crippen molar-refractivity contribution in [2.24, 2.45) is 0 Å². The molecule has 2 aromatic rings. The number of thiophene rings is 1. The molecular weight excluding hydrogens is 260 g/mol. The largest absolute Gasteiger partial charge is 0.297 e. The second-order valence-electron chi connectivity index (χ2n) is 3.06. The minimum Gasteiger partial charge on any atom is -0.297 e. The quantitative estimate of drug-likeness (QED) is 0.752. The fourth-order valence-corrected chi connectivity index (χ4v) is 3.38.